The second-order valence-corrected chi connectivity index (χ2v) is 6.07. The molecular formula is C19H21N3O2. The van der Waals surface area contributed by atoms with Gasteiger partial charge in [-0.25, -0.2) is 0 Å². The Labute approximate surface area is 141 Å². The van der Waals surface area contributed by atoms with Gasteiger partial charge >= 0.3 is 0 Å². The van der Waals surface area contributed by atoms with Crippen LogP contribution in [0.3, 0.4) is 0 Å². The van der Waals surface area contributed by atoms with E-state index in [1.807, 2.05) is 31.2 Å². The van der Waals surface area contributed by atoms with E-state index in [1.165, 1.54) is 0 Å². The van der Waals surface area contributed by atoms with E-state index >= 15 is 0 Å². The van der Waals surface area contributed by atoms with Gasteiger partial charge in [-0.3, -0.25) is 14.6 Å². The van der Waals surface area contributed by atoms with E-state index in [9.17, 15) is 9.59 Å². The number of pyridine rings is 1. The van der Waals surface area contributed by atoms with Crippen LogP contribution >= 0.6 is 0 Å². The number of benzene rings is 1. The number of hydrogen-bond donors (Lipinski definition) is 1. The topological polar surface area (TPSA) is 62.3 Å². The van der Waals surface area contributed by atoms with Gasteiger partial charge in [0.15, 0.2) is 0 Å². The summed E-state index contributed by atoms with van der Waals surface area (Å²) in [4.78, 5) is 30.6. The predicted octanol–water partition coefficient (Wildman–Crippen LogP) is 2.94. The van der Waals surface area contributed by atoms with Crippen molar-refractivity contribution in [3.63, 3.8) is 0 Å². The average Bonchev–Trinajstić information content (AvgIpc) is 2.99. The Bertz CT molecular complexity index is 758. The minimum Gasteiger partial charge on any atom is -0.325 e. The Hall–Kier alpha value is -2.69. The minimum absolute atomic E-state index is 0.0383. The molecule has 0 radical (unpaired) electrons. The van der Waals surface area contributed by atoms with Crippen LogP contribution < -0.4 is 10.2 Å². The second kappa shape index (κ2) is 6.83. The minimum atomic E-state index is -0.345. The van der Waals surface area contributed by atoms with Crippen LogP contribution in [0.25, 0.3) is 0 Å². The van der Waals surface area contributed by atoms with E-state index in [1.54, 1.807) is 23.4 Å². The van der Waals surface area contributed by atoms with E-state index in [0.29, 0.717) is 6.54 Å². The van der Waals surface area contributed by atoms with E-state index in [-0.39, 0.29) is 24.2 Å². The Morgan fingerprint density at radius 2 is 2.17 bits per heavy atom. The fourth-order valence-electron chi connectivity index (χ4n) is 3.07. The molecule has 1 aromatic carbocycles. The van der Waals surface area contributed by atoms with Crippen molar-refractivity contribution < 1.29 is 9.59 Å². The van der Waals surface area contributed by atoms with Crippen molar-refractivity contribution in [1.82, 2.24) is 4.98 Å². The van der Waals surface area contributed by atoms with Crippen LogP contribution in [-0.2, 0) is 16.0 Å². The smallest absolute Gasteiger partial charge is 0.229 e. The highest BCUT2D eigenvalue weighted by atomic mass is 16.2. The van der Waals surface area contributed by atoms with E-state index in [2.05, 4.69) is 17.2 Å². The first kappa shape index (κ1) is 16.2. The monoisotopic (exact) mass is 323 g/mol. The number of nitrogens with one attached hydrogen (secondary N) is 1. The number of carbonyl (C=O) groups excluding carboxylic acids is 2. The predicted molar refractivity (Wildman–Crippen MR) is 93.9 cm³/mol. The largest absolute Gasteiger partial charge is 0.325 e. The van der Waals surface area contributed by atoms with Crippen LogP contribution in [0.15, 0.2) is 42.7 Å². The third kappa shape index (κ3) is 3.15. The summed E-state index contributed by atoms with van der Waals surface area (Å²) < 4.78 is 0. The van der Waals surface area contributed by atoms with Gasteiger partial charge in [0.05, 0.1) is 17.8 Å². The molecular weight excluding hydrogens is 302 g/mol. The molecule has 3 rings (SSSR count). The van der Waals surface area contributed by atoms with Gasteiger partial charge in [0.2, 0.25) is 11.8 Å². The summed E-state index contributed by atoms with van der Waals surface area (Å²) >= 11 is 0. The molecule has 0 aliphatic carbocycles. The maximum Gasteiger partial charge on any atom is 0.229 e. The van der Waals surface area contributed by atoms with Gasteiger partial charge in [-0.15, -0.1) is 0 Å². The lowest BCUT2D eigenvalue weighted by Gasteiger charge is -2.17. The molecule has 1 N–H and O–H groups in total. The number of aromatic nitrogens is 1. The first-order chi connectivity index (χ1) is 11.6. The molecule has 2 heterocycles. The Kier molecular flexibility index (Phi) is 4.60. The van der Waals surface area contributed by atoms with Gasteiger partial charge < -0.3 is 10.2 Å². The van der Waals surface area contributed by atoms with Crippen LogP contribution in [-0.4, -0.2) is 23.3 Å². The third-order valence-electron chi connectivity index (χ3n) is 4.44. The zero-order chi connectivity index (χ0) is 17.1. The van der Waals surface area contributed by atoms with Crippen LogP contribution in [0.2, 0.25) is 0 Å². The number of para-hydroxylation sites is 1. The summed E-state index contributed by atoms with van der Waals surface area (Å²) in [5.74, 6) is -0.482. The number of amides is 2. The van der Waals surface area contributed by atoms with Crippen molar-refractivity contribution in [3.8, 4) is 0 Å². The molecule has 0 spiro atoms. The average molecular weight is 323 g/mol. The molecule has 1 atom stereocenters. The molecule has 2 amide bonds. The molecule has 124 valence electrons. The second-order valence-electron chi connectivity index (χ2n) is 6.07. The first-order valence-electron chi connectivity index (χ1n) is 8.20. The molecule has 1 aliphatic rings. The summed E-state index contributed by atoms with van der Waals surface area (Å²) in [5, 5.41) is 3.03. The Morgan fingerprint density at radius 1 is 1.33 bits per heavy atom. The molecule has 0 bridgehead atoms. The number of aryl methyl sites for hydroxylation is 2. The van der Waals surface area contributed by atoms with Crippen LogP contribution in [0, 0.1) is 12.8 Å². The lowest BCUT2D eigenvalue weighted by molar-refractivity contribution is -0.122. The van der Waals surface area contributed by atoms with E-state index in [0.717, 1.165) is 28.9 Å². The zero-order valence-electron chi connectivity index (χ0n) is 14.0. The van der Waals surface area contributed by atoms with Crippen molar-refractivity contribution in [1.29, 1.82) is 0 Å². The number of anilines is 2. The Balaban J connectivity index is 1.74. The molecule has 1 saturated heterocycles. The lowest BCUT2D eigenvalue weighted by atomic mass is 10.0. The molecule has 1 aromatic heterocycles. The van der Waals surface area contributed by atoms with Gasteiger partial charge in [0, 0.05) is 24.8 Å². The lowest BCUT2D eigenvalue weighted by Crippen LogP contribution is -2.28. The van der Waals surface area contributed by atoms with Crippen molar-refractivity contribution in [2.24, 2.45) is 5.92 Å². The number of hydrogen-bond acceptors (Lipinski definition) is 3. The molecule has 2 aromatic rings. The molecule has 1 fully saturated rings. The number of nitrogens with zero attached hydrogens (tertiary/aromatic N) is 2. The van der Waals surface area contributed by atoms with Gasteiger partial charge in [-0.2, -0.15) is 0 Å². The first-order valence-corrected chi connectivity index (χ1v) is 8.20. The summed E-state index contributed by atoms with van der Waals surface area (Å²) in [5.41, 5.74) is 3.76. The van der Waals surface area contributed by atoms with Crippen LogP contribution in [0.1, 0.15) is 24.5 Å². The normalized spacial score (nSPS) is 17.2. The highest BCUT2D eigenvalue weighted by Crippen LogP contribution is 2.27. The highest BCUT2D eigenvalue weighted by molar-refractivity contribution is 6.03. The maximum atomic E-state index is 12.7. The zero-order valence-corrected chi connectivity index (χ0v) is 14.0. The Morgan fingerprint density at radius 3 is 2.88 bits per heavy atom. The van der Waals surface area contributed by atoms with Crippen molar-refractivity contribution >= 4 is 23.2 Å². The number of carbonyl (C=O) groups is 2. The quantitative estimate of drug-likeness (QED) is 0.941. The highest BCUT2D eigenvalue weighted by Gasteiger charge is 2.35. The third-order valence-corrected chi connectivity index (χ3v) is 4.44. The molecule has 0 saturated carbocycles. The SMILES string of the molecule is CCc1cccc(C)c1NC(=O)C1CC(=O)N(c2cccnc2)C1. The summed E-state index contributed by atoms with van der Waals surface area (Å²) in [6.45, 7) is 4.44. The van der Waals surface area contributed by atoms with Crippen LogP contribution in [0.4, 0.5) is 11.4 Å². The fraction of sp³-hybridized carbons (Fsp3) is 0.316. The molecule has 1 aliphatic heterocycles. The summed E-state index contributed by atoms with van der Waals surface area (Å²) in [7, 11) is 0. The summed E-state index contributed by atoms with van der Waals surface area (Å²) in [6, 6.07) is 9.62. The standard InChI is InChI=1S/C19H21N3O2/c1-3-14-7-4-6-13(2)18(14)21-19(24)15-10-17(23)22(12-15)16-8-5-9-20-11-16/h4-9,11,15H,3,10,12H2,1-2H3,(H,21,24). The molecule has 5 nitrogen and oxygen atoms in total. The van der Waals surface area contributed by atoms with Crippen molar-refractivity contribution in [3.05, 3.63) is 53.9 Å². The molecule has 24 heavy (non-hydrogen) atoms. The van der Waals surface area contributed by atoms with Gasteiger partial charge in [0.1, 0.15) is 0 Å². The van der Waals surface area contributed by atoms with Gasteiger partial charge in [-0.1, -0.05) is 25.1 Å². The summed E-state index contributed by atoms with van der Waals surface area (Å²) in [6.07, 6.45) is 4.39. The molecule has 5 heteroatoms. The number of rotatable bonds is 4. The van der Waals surface area contributed by atoms with Crippen molar-refractivity contribution in [2.45, 2.75) is 26.7 Å². The van der Waals surface area contributed by atoms with Gasteiger partial charge in [0.25, 0.3) is 0 Å². The van der Waals surface area contributed by atoms with E-state index in [4.69, 9.17) is 0 Å². The maximum absolute atomic E-state index is 12.7. The fourth-order valence-corrected chi connectivity index (χ4v) is 3.07. The van der Waals surface area contributed by atoms with E-state index < -0.39 is 0 Å². The molecule has 1 unspecified atom stereocenters. The van der Waals surface area contributed by atoms with Crippen molar-refractivity contribution in [2.75, 3.05) is 16.8 Å². The van der Waals surface area contributed by atoms with Gasteiger partial charge in [-0.05, 0) is 36.6 Å². The van der Waals surface area contributed by atoms with Crippen LogP contribution in [0.5, 0.6) is 0 Å².